The van der Waals surface area contributed by atoms with Crippen molar-refractivity contribution in [2.75, 3.05) is 6.54 Å². The Morgan fingerprint density at radius 2 is 1.64 bits per heavy atom. The summed E-state index contributed by atoms with van der Waals surface area (Å²) in [6, 6.07) is 6.43. The van der Waals surface area contributed by atoms with Gasteiger partial charge < -0.3 is 25.6 Å². The van der Waals surface area contributed by atoms with Crippen molar-refractivity contribution in [3.63, 3.8) is 0 Å². The lowest BCUT2D eigenvalue weighted by Crippen LogP contribution is -2.52. The van der Waals surface area contributed by atoms with Crippen LogP contribution in [0.1, 0.15) is 95.6 Å². The molecule has 5 heterocycles. The molecule has 0 aliphatic carbocycles. The molecule has 3 N–H and O–H groups in total. The standard InChI is InChI=1S/C33H39N7O5S2/c1-5-17(2)25-32-37-22(16-47-32)27(41)34-18(3)31-36-23(15-46-31)28(42)35-21(14-20-10-7-6-8-11-20)33(44)40-13-9-12-24(40)30-39-26(19(4)45-30)29(43)38-25/h6-8,10-11,15-19,21,24-26H,5,9,12-14H2,1-4H3,(H,34,41)(H,35,42)(H,38,43)/t17?,18-,19-,21+,24?,25+,26+/m1/s1. The number of aliphatic imine (C=N–C) groups is 1. The van der Waals surface area contributed by atoms with Crippen molar-refractivity contribution >= 4 is 52.2 Å². The van der Waals surface area contributed by atoms with E-state index in [0.717, 1.165) is 18.4 Å². The van der Waals surface area contributed by atoms with Gasteiger partial charge in [0, 0.05) is 23.7 Å². The number of benzene rings is 1. The molecule has 2 unspecified atom stereocenters. The second kappa shape index (κ2) is 13.9. The molecule has 6 bridgehead atoms. The first kappa shape index (κ1) is 32.8. The molecule has 0 spiro atoms. The summed E-state index contributed by atoms with van der Waals surface area (Å²) in [6.45, 7) is 8.13. The van der Waals surface area contributed by atoms with E-state index >= 15 is 0 Å². The van der Waals surface area contributed by atoms with Crippen LogP contribution in [0.25, 0.3) is 0 Å². The Kier molecular flexibility index (Phi) is 9.69. The number of fused-ring (bicyclic) bond motifs is 7. The largest absolute Gasteiger partial charge is 0.474 e. The molecule has 7 atom stereocenters. The van der Waals surface area contributed by atoms with Gasteiger partial charge in [-0.25, -0.2) is 15.0 Å². The number of ether oxygens (including phenoxy) is 1. The highest BCUT2D eigenvalue weighted by Gasteiger charge is 2.43. The lowest BCUT2D eigenvalue weighted by molar-refractivity contribution is -0.133. The lowest BCUT2D eigenvalue weighted by Gasteiger charge is -2.29. The molecule has 248 valence electrons. The highest BCUT2D eigenvalue weighted by Crippen LogP contribution is 2.30. The van der Waals surface area contributed by atoms with Gasteiger partial charge in [-0.1, -0.05) is 50.6 Å². The van der Waals surface area contributed by atoms with E-state index in [9.17, 15) is 19.2 Å². The molecule has 14 heteroatoms. The Morgan fingerprint density at radius 3 is 2.36 bits per heavy atom. The van der Waals surface area contributed by atoms with Crippen LogP contribution in [0, 0.1) is 5.92 Å². The molecule has 1 fully saturated rings. The predicted octanol–water partition coefficient (Wildman–Crippen LogP) is 3.83. The van der Waals surface area contributed by atoms with Gasteiger partial charge in [0.25, 0.3) is 11.8 Å². The number of hydrogen-bond acceptors (Lipinski definition) is 10. The Hall–Kier alpha value is -4.17. The maximum Gasteiger partial charge on any atom is 0.271 e. The molecule has 0 saturated carbocycles. The van der Waals surface area contributed by atoms with Crippen LogP contribution in [0.15, 0.2) is 46.1 Å². The number of carbonyl (C=O) groups is 4. The molecule has 3 aliphatic rings. The summed E-state index contributed by atoms with van der Waals surface area (Å²) in [4.78, 5) is 70.3. The second-order valence-electron chi connectivity index (χ2n) is 12.3. The van der Waals surface area contributed by atoms with Gasteiger partial charge in [-0.3, -0.25) is 19.2 Å². The number of thiazole rings is 2. The molecule has 4 amide bonds. The number of nitrogens with zero attached hydrogens (tertiary/aromatic N) is 4. The average Bonchev–Trinajstić information content (AvgIpc) is 3.89. The van der Waals surface area contributed by atoms with Crippen molar-refractivity contribution < 1.29 is 23.9 Å². The van der Waals surface area contributed by atoms with Crippen LogP contribution in [-0.2, 0) is 20.7 Å². The Morgan fingerprint density at radius 1 is 0.957 bits per heavy atom. The molecule has 2 aromatic heterocycles. The van der Waals surface area contributed by atoms with Crippen molar-refractivity contribution in [2.24, 2.45) is 10.9 Å². The van der Waals surface area contributed by atoms with E-state index in [4.69, 9.17) is 9.73 Å². The molecule has 3 aliphatic heterocycles. The van der Waals surface area contributed by atoms with Gasteiger partial charge in [-0.2, -0.15) is 0 Å². The van der Waals surface area contributed by atoms with Gasteiger partial charge in [-0.15, -0.1) is 22.7 Å². The van der Waals surface area contributed by atoms with Crippen molar-refractivity contribution in [1.82, 2.24) is 30.8 Å². The summed E-state index contributed by atoms with van der Waals surface area (Å²) in [5, 5.41) is 13.5. The van der Waals surface area contributed by atoms with E-state index in [2.05, 4.69) is 25.9 Å². The van der Waals surface area contributed by atoms with Crippen molar-refractivity contribution in [2.45, 2.75) is 89.7 Å². The molecule has 1 aromatic carbocycles. The summed E-state index contributed by atoms with van der Waals surface area (Å²) in [5.74, 6) is -1.04. The van der Waals surface area contributed by atoms with E-state index < -0.39 is 42.2 Å². The number of nitrogens with one attached hydrogen (secondary N) is 3. The third-order valence-corrected chi connectivity index (χ3v) is 11.0. The molecule has 3 aromatic rings. The van der Waals surface area contributed by atoms with E-state index in [0.29, 0.717) is 28.9 Å². The highest BCUT2D eigenvalue weighted by atomic mass is 32.1. The summed E-state index contributed by atoms with van der Waals surface area (Å²) >= 11 is 2.57. The highest BCUT2D eigenvalue weighted by molar-refractivity contribution is 7.10. The smallest absolute Gasteiger partial charge is 0.271 e. The van der Waals surface area contributed by atoms with Crippen LogP contribution >= 0.6 is 22.7 Å². The third-order valence-electron chi connectivity index (χ3n) is 9.00. The zero-order valence-electron chi connectivity index (χ0n) is 26.8. The lowest BCUT2D eigenvalue weighted by atomic mass is 9.99. The van der Waals surface area contributed by atoms with Crippen LogP contribution in [0.4, 0.5) is 0 Å². The van der Waals surface area contributed by atoms with Gasteiger partial charge in [0.15, 0.2) is 6.04 Å². The van der Waals surface area contributed by atoms with Gasteiger partial charge in [-0.05, 0) is 38.2 Å². The average molecular weight is 678 g/mol. The molecular weight excluding hydrogens is 639 g/mol. The Bertz CT molecular complexity index is 1670. The molecular formula is C33H39N7O5S2. The Labute approximate surface area is 281 Å². The molecule has 6 rings (SSSR count). The molecule has 1 saturated heterocycles. The summed E-state index contributed by atoms with van der Waals surface area (Å²) < 4.78 is 6.17. The summed E-state index contributed by atoms with van der Waals surface area (Å²) in [6.07, 6.45) is 1.87. The van der Waals surface area contributed by atoms with E-state index in [1.807, 2.05) is 44.2 Å². The van der Waals surface area contributed by atoms with Gasteiger partial charge >= 0.3 is 0 Å². The van der Waals surface area contributed by atoms with Gasteiger partial charge in [0.05, 0.1) is 12.1 Å². The number of aromatic nitrogens is 2. The topological polar surface area (TPSA) is 155 Å². The second-order valence-corrected chi connectivity index (χ2v) is 14.1. The van der Waals surface area contributed by atoms with Crippen molar-refractivity contribution in [3.8, 4) is 0 Å². The summed E-state index contributed by atoms with van der Waals surface area (Å²) in [5.41, 5.74) is 1.29. The van der Waals surface area contributed by atoms with Gasteiger partial charge in [0.1, 0.15) is 39.6 Å². The third kappa shape index (κ3) is 6.93. The normalized spacial score (nSPS) is 27.5. The minimum Gasteiger partial charge on any atom is -0.474 e. The number of rotatable bonds is 4. The molecule has 47 heavy (non-hydrogen) atoms. The van der Waals surface area contributed by atoms with E-state index in [1.165, 1.54) is 22.7 Å². The number of amides is 4. The zero-order valence-corrected chi connectivity index (χ0v) is 28.4. The van der Waals surface area contributed by atoms with Crippen LogP contribution < -0.4 is 16.0 Å². The minimum absolute atomic E-state index is 0.0332. The number of hydrogen-bond donors (Lipinski definition) is 3. The fraction of sp³-hybridized carbons (Fsp3) is 0.485. The van der Waals surface area contributed by atoms with Crippen molar-refractivity contribution in [1.29, 1.82) is 0 Å². The number of carbonyl (C=O) groups excluding carboxylic acids is 4. The Balaban J connectivity index is 1.37. The van der Waals surface area contributed by atoms with Crippen molar-refractivity contribution in [3.05, 3.63) is 68.1 Å². The quantitative estimate of drug-likeness (QED) is 0.379. The fourth-order valence-corrected chi connectivity index (χ4v) is 7.90. The van der Waals surface area contributed by atoms with E-state index in [1.54, 1.807) is 29.5 Å². The minimum atomic E-state index is -0.879. The predicted molar refractivity (Wildman–Crippen MR) is 178 cm³/mol. The van der Waals surface area contributed by atoms with E-state index in [-0.39, 0.29) is 41.4 Å². The monoisotopic (exact) mass is 677 g/mol. The first-order valence-electron chi connectivity index (χ1n) is 16.0. The molecule has 0 radical (unpaired) electrons. The maximum atomic E-state index is 14.2. The first-order valence-corrected chi connectivity index (χ1v) is 17.8. The summed E-state index contributed by atoms with van der Waals surface area (Å²) in [7, 11) is 0. The van der Waals surface area contributed by atoms with Crippen LogP contribution in [0.3, 0.4) is 0 Å². The van der Waals surface area contributed by atoms with Crippen LogP contribution in [-0.4, -0.2) is 75.2 Å². The van der Waals surface area contributed by atoms with Crippen LogP contribution in [0.5, 0.6) is 0 Å². The first-order chi connectivity index (χ1) is 22.6. The van der Waals surface area contributed by atoms with Crippen LogP contribution in [0.2, 0.25) is 0 Å². The zero-order chi connectivity index (χ0) is 33.2. The van der Waals surface area contributed by atoms with Gasteiger partial charge in [0.2, 0.25) is 17.7 Å². The fourth-order valence-electron chi connectivity index (χ4n) is 6.11. The maximum absolute atomic E-state index is 14.2. The molecule has 12 nitrogen and oxygen atoms in total. The SMILES string of the molecule is CCC(C)[C@@H]1NC(=O)[C@H]2N=C(O[C@@H]2C)C2CCCN2C(=O)[C@H](Cc2ccccc2)NC(=O)c2csc(n2)[C@@H](C)NC(=O)c2csc1n2.